The standard InChI is InChI=1S/C11H16ClNO/c1-10(9-12)13-7-8-14-11-5-3-2-4-6-11/h2-6,10,13H,7-9H2,1H3. The topological polar surface area (TPSA) is 21.3 Å². The van der Waals surface area contributed by atoms with Gasteiger partial charge in [-0.25, -0.2) is 0 Å². The zero-order valence-electron chi connectivity index (χ0n) is 8.37. The molecule has 0 fully saturated rings. The van der Waals surface area contributed by atoms with E-state index in [4.69, 9.17) is 16.3 Å². The zero-order chi connectivity index (χ0) is 10.2. The van der Waals surface area contributed by atoms with E-state index in [0.29, 0.717) is 18.5 Å². The van der Waals surface area contributed by atoms with E-state index in [1.807, 2.05) is 30.3 Å². The molecule has 1 unspecified atom stereocenters. The molecule has 0 aliphatic carbocycles. The van der Waals surface area contributed by atoms with Gasteiger partial charge in [0.05, 0.1) is 0 Å². The van der Waals surface area contributed by atoms with Gasteiger partial charge in [-0.1, -0.05) is 18.2 Å². The molecule has 1 rings (SSSR count). The predicted molar refractivity (Wildman–Crippen MR) is 60.1 cm³/mol. The molecule has 0 amide bonds. The van der Waals surface area contributed by atoms with Crippen LogP contribution < -0.4 is 10.1 Å². The number of halogens is 1. The molecule has 2 nitrogen and oxygen atoms in total. The van der Waals surface area contributed by atoms with Crippen molar-refractivity contribution in [3.05, 3.63) is 30.3 Å². The van der Waals surface area contributed by atoms with E-state index in [1.54, 1.807) is 0 Å². The quantitative estimate of drug-likeness (QED) is 0.578. The molecule has 1 N–H and O–H groups in total. The van der Waals surface area contributed by atoms with Crippen LogP contribution in [0.4, 0.5) is 0 Å². The summed E-state index contributed by atoms with van der Waals surface area (Å²) in [6.07, 6.45) is 0. The Morgan fingerprint density at radius 3 is 2.71 bits per heavy atom. The van der Waals surface area contributed by atoms with Gasteiger partial charge < -0.3 is 10.1 Å². The molecule has 3 heteroatoms. The van der Waals surface area contributed by atoms with Gasteiger partial charge in [0, 0.05) is 18.5 Å². The lowest BCUT2D eigenvalue weighted by atomic mass is 10.3. The van der Waals surface area contributed by atoms with Crippen LogP contribution in [-0.2, 0) is 0 Å². The fourth-order valence-electron chi connectivity index (χ4n) is 1.05. The van der Waals surface area contributed by atoms with Crippen LogP contribution in [0.15, 0.2) is 30.3 Å². The fraction of sp³-hybridized carbons (Fsp3) is 0.455. The molecule has 14 heavy (non-hydrogen) atoms. The molecule has 1 aromatic rings. The Morgan fingerprint density at radius 1 is 1.36 bits per heavy atom. The first-order valence-corrected chi connectivity index (χ1v) is 5.33. The molecule has 1 aromatic carbocycles. The van der Waals surface area contributed by atoms with Crippen molar-refractivity contribution in [2.24, 2.45) is 0 Å². The van der Waals surface area contributed by atoms with Crippen LogP contribution in [0.1, 0.15) is 6.92 Å². The van der Waals surface area contributed by atoms with Crippen LogP contribution in [0.5, 0.6) is 5.75 Å². The van der Waals surface area contributed by atoms with Gasteiger partial charge in [-0.15, -0.1) is 11.6 Å². The maximum atomic E-state index is 5.64. The first-order valence-electron chi connectivity index (χ1n) is 4.80. The fourth-order valence-corrected chi connectivity index (χ4v) is 1.15. The highest BCUT2D eigenvalue weighted by Gasteiger charge is 1.97. The second-order valence-electron chi connectivity index (χ2n) is 3.17. The molecule has 0 heterocycles. The minimum Gasteiger partial charge on any atom is -0.492 e. The van der Waals surface area contributed by atoms with Crippen LogP contribution in [0.3, 0.4) is 0 Å². The molecule has 0 bridgehead atoms. The number of rotatable bonds is 6. The van der Waals surface area contributed by atoms with Gasteiger partial charge in [0.15, 0.2) is 0 Å². The van der Waals surface area contributed by atoms with Crippen molar-refractivity contribution >= 4 is 11.6 Å². The largest absolute Gasteiger partial charge is 0.492 e. The molecular formula is C11H16ClNO. The summed E-state index contributed by atoms with van der Waals surface area (Å²) >= 11 is 5.64. The number of hydrogen-bond donors (Lipinski definition) is 1. The van der Waals surface area contributed by atoms with Gasteiger partial charge >= 0.3 is 0 Å². The van der Waals surface area contributed by atoms with Crippen LogP contribution in [-0.4, -0.2) is 25.1 Å². The molecule has 0 spiro atoms. The first kappa shape index (κ1) is 11.3. The predicted octanol–water partition coefficient (Wildman–Crippen LogP) is 2.28. The molecule has 1 atom stereocenters. The molecular weight excluding hydrogens is 198 g/mol. The molecule has 0 saturated heterocycles. The van der Waals surface area contributed by atoms with Crippen molar-refractivity contribution in [2.75, 3.05) is 19.0 Å². The number of ether oxygens (including phenoxy) is 1. The molecule has 0 aliphatic rings. The maximum absolute atomic E-state index is 5.64. The molecule has 0 aliphatic heterocycles. The molecule has 0 saturated carbocycles. The minimum absolute atomic E-state index is 0.344. The Labute approximate surface area is 90.2 Å². The van der Waals surface area contributed by atoms with E-state index in [-0.39, 0.29) is 0 Å². The molecule has 0 radical (unpaired) electrons. The van der Waals surface area contributed by atoms with Gasteiger partial charge in [0.25, 0.3) is 0 Å². The summed E-state index contributed by atoms with van der Waals surface area (Å²) in [5.41, 5.74) is 0. The average Bonchev–Trinajstić information content (AvgIpc) is 2.25. The summed E-state index contributed by atoms with van der Waals surface area (Å²) in [5, 5.41) is 3.25. The van der Waals surface area contributed by atoms with Gasteiger partial charge in [-0.3, -0.25) is 0 Å². The van der Waals surface area contributed by atoms with E-state index in [0.717, 1.165) is 12.3 Å². The summed E-state index contributed by atoms with van der Waals surface area (Å²) < 4.78 is 5.50. The van der Waals surface area contributed by atoms with Crippen LogP contribution in [0, 0.1) is 0 Å². The van der Waals surface area contributed by atoms with Crippen LogP contribution in [0.2, 0.25) is 0 Å². The van der Waals surface area contributed by atoms with E-state index >= 15 is 0 Å². The molecule has 78 valence electrons. The summed E-state index contributed by atoms with van der Waals surface area (Å²) in [6, 6.07) is 10.1. The van der Waals surface area contributed by atoms with E-state index in [1.165, 1.54) is 0 Å². The summed E-state index contributed by atoms with van der Waals surface area (Å²) in [7, 11) is 0. The Balaban J connectivity index is 2.10. The van der Waals surface area contributed by atoms with E-state index < -0.39 is 0 Å². The average molecular weight is 214 g/mol. The number of para-hydroxylation sites is 1. The molecule has 0 aromatic heterocycles. The lowest BCUT2D eigenvalue weighted by molar-refractivity contribution is 0.309. The summed E-state index contributed by atoms with van der Waals surface area (Å²) in [6.45, 7) is 3.55. The van der Waals surface area contributed by atoms with Crippen molar-refractivity contribution < 1.29 is 4.74 Å². The van der Waals surface area contributed by atoms with Crippen molar-refractivity contribution in [3.8, 4) is 5.75 Å². The third-order valence-corrected chi connectivity index (χ3v) is 2.30. The second-order valence-corrected chi connectivity index (χ2v) is 3.48. The van der Waals surface area contributed by atoms with Crippen LogP contribution >= 0.6 is 11.6 Å². The highest BCUT2D eigenvalue weighted by molar-refractivity contribution is 6.18. The van der Waals surface area contributed by atoms with Gasteiger partial charge in [0.1, 0.15) is 12.4 Å². The number of benzene rings is 1. The summed E-state index contributed by atoms with van der Waals surface area (Å²) in [5.74, 6) is 1.54. The maximum Gasteiger partial charge on any atom is 0.119 e. The third-order valence-electron chi connectivity index (χ3n) is 1.84. The Hall–Kier alpha value is -0.730. The van der Waals surface area contributed by atoms with Crippen molar-refractivity contribution in [1.82, 2.24) is 5.32 Å². The Bertz CT molecular complexity index is 240. The smallest absolute Gasteiger partial charge is 0.119 e. The number of alkyl halides is 1. The van der Waals surface area contributed by atoms with E-state index in [9.17, 15) is 0 Å². The first-order chi connectivity index (χ1) is 6.83. The van der Waals surface area contributed by atoms with Crippen molar-refractivity contribution in [1.29, 1.82) is 0 Å². The number of nitrogens with one attached hydrogen (secondary N) is 1. The highest BCUT2D eigenvalue weighted by atomic mass is 35.5. The third kappa shape index (κ3) is 4.49. The highest BCUT2D eigenvalue weighted by Crippen LogP contribution is 2.07. The minimum atomic E-state index is 0.344. The zero-order valence-corrected chi connectivity index (χ0v) is 9.13. The lowest BCUT2D eigenvalue weighted by Crippen LogP contribution is -2.31. The second kappa shape index (κ2) is 6.68. The number of hydrogen-bond acceptors (Lipinski definition) is 2. The lowest BCUT2D eigenvalue weighted by Gasteiger charge is -2.10. The van der Waals surface area contributed by atoms with E-state index in [2.05, 4.69) is 12.2 Å². The van der Waals surface area contributed by atoms with Gasteiger partial charge in [-0.2, -0.15) is 0 Å². The van der Waals surface area contributed by atoms with Gasteiger partial charge in [0.2, 0.25) is 0 Å². The monoisotopic (exact) mass is 213 g/mol. The summed E-state index contributed by atoms with van der Waals surface area (Å²) in [4.78, 5) is 0. The SMILES string of the molecule is CC(CCl)NCCOc1ccccc1. The Kier molecular flexibility index (Phi) is 5.42. The normalized spacial score (nSPS) is 12.4. The Morgan fingerprint density at radius 2 is 2.07 bits per heavy atom. The van der Waals surface area contributed by atoms with Crippen molar-refractivity contribution in [3.63, 3.8) is 0 Å². The van der Waals surface area contributed by atoms with Crippen LogP contribution in [0.25, 0.3) is 0 Å². The van der Waals surface area contributed by atoms with Gasteiger partial charge in [-0.05, 0) is 19.1 Å². The van der Waals surface area contributed by atoms with Crippen molar-refractivity contribution in [2.45, 2.75) is 13.0 Å².